The normalized spacial score (nSPS) is 12.4. The maximum absolute atomic E-state index is 12.5. The second-order valence-electron chi connectivity index (χ2n) is 6.31. The Kier molecular flexibility index (Phi) is 7.52. The molecule has 0 N–H and O–H groups in total. The van der Waals surface area contributed by atoms with Crippen LogP contribution >= 0.6 is 0 Å². The van der Waals surface area contributed by atoms with E-state index in [4.69, 9.17) is 4.74 Å². The van der Waals surface area contributed by atoms with Crippen LogP contribution in [0.2, 0.25) is 0 Å². The second kappa shape index (κ2) is 9.13. The summed E-state index contributed by atoms with van der Waals surface area (Å²) in [5.41, 5.74) is 2.16. The quantitative estimate of drug-likeness (QED) is 0.572. The molecule has 0 aliphatic carbocycles. The summed E-state index contributed by atoms with van der Waals surface area (Å²) in [6.45, 7) is 8.87. The van der Waals surface area contributed by atoms with Crippen molar-refractivity contribution in [2.75, 3.05) is 20.2 Å². The van der Waals surface area contributed by atoms with Gasteiger partial charge in [-0.25, -0.2) is 0 Å². The van der Waals surface area contributed by atoms with Crippen molar-refractivity contribution in [2.24, 2.45) is 11.8 Å². The lowest BCUT2D eigenvalue weighted by molar-refractivity contribution is -0.146. The third kappa shape index (κ3) is 6.68. The summed E-state index contributed by atoms with van der Waals surface area (Å²) < 4.78 is 4.74. The van der Waals surface area contributed by atoms with E-state index in [0.29, 0.717) is 19.0 Å². The average Bonchev–Trinajstić information content (AvgIpc) is 2.52. The first-order chi connectivity index (χ1) is 10.8. The number of amides is 1. The minimum absolute atomic E-state index is 0.0879. The van der Waals surface area contributed by atoms with Gasteiger partial charge in [0.1, 0.15) is 0 Å². The average molecular weight is 317 g/mol. The number of hydrogen-bond donors (Lipinski definition) is 0. The van der Waals surface area contributed by atoms with Crippen LogP contribution in [0.25, 0.3) is 6.08 Å². The number of ether oxygens (including phenoxy) is 1. The van der Waals surface area contributed by atoms with Crippen molar-refractivity contribution in [3.63, 3.8) is 0 Å². The van der Waals surface area contributed by atoms with Gasteiger partial charge in [-0.3, -0.25) is 9.59 Å². The molecule has 0 bridgehead atoms. The summed E-state index contributed by atoms with van der Waals surface area (Å²) in [6.07, 6.45) is 3.37. The largest absolute Gasteiger partial charge is 0.469 e. The molecule has 0 aromatic heterocycles. The molecule has 23 heavy (non-hydrogen) atoms. The van der Waals surface area contributed by atoms with Gasteiger partial charge in [0.2, 0.25) is 5.91 Å². The van der Waals surface area contributed by atoms with Gasteiger partial charge < -0.3 is 9.64 Å². The Balaban J connectivity index is 2.78. The number of methoxy groups -OCH3 is 1. The predicted octanol–water partition coefficient (Wildman–Crippen LogP) is 3.30. The standard InChI is InChI=1S/C19H27NO3/c1-14(2)12-20(13-16(4)19(22)23-5)18(21)11-10-17-8-6-15(3)7-9-17/h6-11,14,16H,12-13H2,1-5H3/b11-10+. The molecule has 1 aromatic carbocycles. The number of nitrogens with zero attached hydrogens (tertiary/aromatic N) is 1. The highest BCUT2D eigenvalue weighted by atomic mass is 16.5. The van der Waals surface area contributed by atoms with Crippen molar-refractivity contribution in [1.82, 2.24) is 4.90 Å². The number of rotatable bonds is 7. The maximum atomic E-state index is 12.5. The molecule has 0 heterocycles. The minimum atomic E-state index is -0.338. The Morgan fingerprint density at radius 3 is 2.26 bits per heavy atom. The van der Waals surface area contributed by atoms with Gasteiger partial charge >= 0.3 is 5.97 Å². The van der Waals surface area contributed by atoms with Crippen LogP contribution in [0.5, 0.6) is 0 Å². The van der Waals surface area contributed by atoms with Gasteiger partial charge in [-0.1, -0.05) is 50.6 Å². The molecule has 4 heteroatoms. The van der Waals surface area contributed by atoms with E-state index in [1.54, 1.807) is 24.0 Å². The van der Waals surface area contributed by atoms with E-state index in [9.17, 15) is 9.59 Å². The highest BCUT2D eigenvalue weighted by Crippen LogP contribution is 2.09. The molecule has 4 nitrogen and oxygen atoms in total. The first kappa shape index (κ1) is 18.9. The third-order valence-corrected chi connectivity index (χ3v) is 3.49. The molecule has 0 spiro atoms. The lowest BCUT2D eigenvalue weighted by Crippen LogP contribution is -2.38. The molecule has 0 radical (unpaired) electrons. The third-order valence-electron chi connectivity index (χ3n) is 3.49. The van der Waals surface area contributed by atoms with Gasteiger partial charge in [0.05, 0.1) is 13.0 Å². The number of benzene rings is 1. The Morgan fingerprint density at radius 2 is 1.74 bits per heavy atom. The molecule has 1 aromatic rings. The first-order valence-electron chi connectivity index (χ1n) is 7.95. The molecule has 0 saturated heterocycles. The Hall–Kier alpha value is -2.10. The van der Waals surface area contributed by atoms with Gasteiger partial charge in [0.15, 0.2) is 0 Å². The van der Waals surface area contributed by atoms with E-state index < -0.39 is 0 Å². The zero-order valence-electron chi connectivity index (χ0n) is 14.7. The van der Waals surface area contributed by atoms with E-state index in [0.717, 1.165) is 5.56 Å². The summed E-state index contributed by atoms with van der Waals surface area (Å²) in [5.74, 6) is -0.392. The monoisotopic (exact) mass is 317 g/mol. The molecule has 1 amide bonds. The van der Waals surface area contributed by atoms with Crippen LogP contribution in [0, 0.1) is 18.8 Å². The first-order valence-corrected chi connectivity index (χ1v) is 7.95. The number of carbonyl (C=O) groups excluding carboxylic acids is 2. The van der Waals surface area contributed by atoms with E-state index in [-0.39, 0.29) is 17.8 Å². The molecule has 1 rings (SSSR count). The van der Waals surface area contributed by atoms with Crippen LogP contribution in [0.1, 0.15) is 31.9 Å². The van der Waals surface area contributed by atoms with Crippen LogP contribution < -0.4 is 0 Å². The molecule has 1 atom stereocenters. The smallest absolute Gasteiger partial charge is 0.310 e. The lowest BCUT2D eigenvalue weighted by Gasteiger charge is -2.25. The maximum Gasteiger partial charge on any atom is 0.310 e. The van der Waals surface area contributed by atoms with Crippen LogP contribution in [0.4, 0.5) is 0 Å². The number of esters is 1. The summed E-state index contributed by atoms with van der Waals surface area (Å²) in [7, 11) is 1.37. The zero-order chi connectivity index (χ0) is 17.4. The molecule has 0 saturated carbocycles. The molecule has 1 unspecified atom stereocenters. The SMILES string of the molecule is COC(=O)C(C)CN(CC(C)C)C(=O)/C=C/c1ccc(C)cc1. The van der Waals surface area contributed by atoms with E-state index in [1.807, 2.05) is 45.0 Å². The Bertz CT molecular complexity index is 546. The molecule has 0 aliphatic rings. The van der Waals surface area contributed by atoms with Crippen molar-refractivity contribution in [3.8, 4) is 0 Å². The predicted molar refractivity (Wildman–Crippen MR) is 92.8 cm³/mol. The second-order valence-corrected chi connectivity index (χ2v) is 6.31. The van der Waals surface area contributed by atoms with Gasteiger partial charge in [0.25, 0.3) is 0 Å². The van der Waals surface area contributed by atoms with Crippen LogP contribution in [-0.4, -0.2) is 37.0 Å². The van der Waals surface area contributed by atoms with Crippen molar-refractivity contribution in [2.45, 2.75) is 27.7 Å². The number of carbonyl (C=O) groups is 2. The molecular weight excluding hydrogens is 290 g/mol. The molecular formula is C19H27NO3. The van der Waals surface area contributed by atoms with Crippen molar-refractivity contribution < 1.29 is 14.3 Å². The fraction of sp³-hybridized carbons (Fsp3) is 0.474. The van der Waals surface area contributed by atoms with Crippen molar-refractivity contribution in [3.05, 3.63) is 41.5 Å². The summed E-state index contributed by atoms with van der Waals surface area (Å²) in [4.78, 5) is 25.7. The minimum Gasteiger partial charge on any atom is -0.469 e. The zero-order valence-corrected chi connectivity index (χ0v) is 14.7. The van der Waals surface area contributed by atoms with Crippen molar-refractivity contribution in [1.29, 1.82) is 0 Å². The Labute approximate surface area is 139 Å². The summed E-state index contributed by atoms with van der Waals surface area (Å²) >= 11 is 0. The van der Waals surface area contributed by atoms with Crippen LogP contribution in [0.15, 0.2) is 30.3 Å². The number of aryl methyl sites for hydroxylation is 1. The van der Waals surface area contributed by atoms with E-state index in [2.05, 4.69) is 0 Å². The fourth-order valence-corrected chi connectivity index (χ4v) is 2.25. The fourth-order valence-electron chi connectivity index (χ4n) is 2.25. The van der Waals surface area contributed by atoms with Gasteiger partial charge in [-0.05, 0) is 24.5 Å². The highest BCUT2D eigenvalue weighted by Gasteiger charge is 2.20. The van der Waals surface area contributed by atoms with E-state index >= 15 is 0 Å². The van der Waals surface area contributed by atoms with Gasteiger partial charge in [-0.15, -0.1) is 0 Å². The van der Waals surface area contributed by atoms with Gasteiger partial charge in [-0.2, -0.15) is 0 Å². The topological polar surface area (TPSA) is 46.6 Å². The summed E-state index contributed by atoms with van der Waals surface area (Å²) in [6, 6.07) is 7.97. The number of hydrogen-bond acceptors (Lipinski definition) is 3. The molecule has 0 fully saturated rings. The molecule has 0 aliphatic heterocycles. The Morgan fingerprint density at radius 1 is 1.13 bits per heavy atom. The van der Waals surface area contributed by atoms with Crippen LogP contribution in [-0.2, 0) is 14.3 Å². The van der Waals surface area contributed by atoms with Crippen LogP contribution in [0.3, 0.4) is 0 Å². The summed E-state index contributed by atoms with van der Waals surface area (Å²) in [5, 5.41) is 0. The lowest BCUT2D eigenvalue weighted by atomic mass is 10.1. The van der Waals surface area contributed by atoms with E-state index in [1.165, 1.54) is 12.7 Å². The van der Waals surface area contributed by atoms with Crippen molar-refractivity contribution >= 4 is 18.0 Å². The molecule has 126 valence electrons. The van der Waals surface area contributed by atoms with Gasteiger partial charge in [0, 0.05) is 19.2 Å². The highest BCUT2D eigenvalue weighted by molar-refractivity contribution is 5.92.